The van der Waals surface area contributed by atoms with Crippen molar-refractivity contribution in [1.82, 2.24) is 10.2 Å². The highest BCUT2D eigenvalue weighted by Gasteiger charge is 2.49. The number of aliphatic hydroxyl groups is 1. The van der Waals surface area contributed by atoms with Crippen LogP contribution in [0.2, 0.25) is 0 Å². The van der Waals surface area contributed by atoms with Gasteiger partial charge in [0.05, 0.1) is 6.54 Å². The van der Waals surface area contributed by atoms with Crippen LogP contribution in [-0.4, -0.2) is 41.2 Å². The SMILES string of the molecule is CC(C)c1ccc(C2(C)NC(=O)N(CC(O)COc3ccc4ccccc4c3)C2=O)cc1. The maximum absolute atomic E-state index is 13.1. The average Bonchev–Trinajstić information content (AvgIpc) is 3.01. The van der Waals surface area contributed by atoms with Crippen molar-refractivity contribution in [3.8, 4) is 5.75 Å². The van der Waals surface area contributed by atoms with Crippen LogP contribution < -0.4 is 10.1 Å². The molecule has 0 saturated carbocycles. The summed E-state index contributed by atoms with van der Waals surface area (Å²) in [7, 11) is 0. The van der Waals surface area contributed by atoms with E-state index in [4.69, 9.17) is 4.74 Å². The van der Waals surface area contributed by atoms with E-state index in [1.165, 1.54) is 0 Å². The van der Waals surface area contributed by atoms with Gasteiger partial charge in [-0.05, 0) is 46.9 Å². The molecule has 0 bridgehead atoms. The second-order valence-corrected chi connectivity index (χ2v) is 8.72. The summed E-state index contributed by atoms with van der Waals surface area (Å²) in [6.45, 7) is 5.72. The molecule has 2 atom stereocenters. The standard InChI is InChI=1S/C26H28N2O4/c1-17(2)18-8-11-21(12-9-18)26(3)24(30)28(25(31)27-26)15-22(29)16-32-23-13-10-19-6-4-5-7-20(19)14-23/h4-14,17,22,29H,15-16H2,1-3H3,(H,27,31). The zero-order valence-electron chi connectivity index (χ0n) is 18.5. The van der Waals surface area contributed by atoms with Crippen LogP contribution in [0.5, 0.6) is 5.75 Å². The molecule has 3 aromatic carbocycles. The number of aliphatic hydroxyl groups excluding tert-OH is 1. The number of carbonyl (C=O) groups excluding carboxylic acids is 2. The molecule has 1 aliphatic rings. The lowest BCUT2D eigenvalue weighted by molar-refractivity contribution is -0.132. The third-order valence-corrected chi connectivity index (χ3v) is 5.99. The van der Waals surface area contributed by atoms with Crippen molar-refractivity contribution in [2.75, 3.05) is 13.2 Å². The zero-order chi connectivity index (χ0) is 22.9. The highest BCUT2D eigenvalue weighted by Crippen LogP contribution is 2.30. The molecular formula is C26H28N2O4. The van der Waals surface area contributed by atoms with Crippen molar-refractivity contribution in [2.45, 2.75) is 38.3 Å². The minimum Gasteiger partial charge on any atom is -0.491 e. The molecule has 0 radical (unpaired) electrons. The molecule has 0 aromatic heterocycles. The first-order chi connectivity index (χ1) is 15.3. The fourth-order valence-electron chi connectivity index (χ4n) is 3.97. The molecule has 0 aliphatic carbocycles. The quantitative estimate of drug-likeness (QED) is 0.549. The lowest BCUT2D eigenvalue weighted by Crippen LogP contribution is -2.42. The van der Waals surface area contributed by atoms with E-state index in [0.29, 0.717) is 17.2 Å². The summed E-state index contributed by atoms with van der Waals surface area (Å²) < 4.78 is 5.71. The Kier molecular flexibility index (Phi) is 5.89. The number of imide groups is 1. The van der Waals surface area contributed by atoms with E-state index in [1.807, 2.05) is 66.7 Å². The molecule has 2 N–H and O–H groups in total. The van der Waals surface area contributed by atoms with Crippen molar-refractivity contribution in [1.29, 1.82) is 0 Å². The predicted octanol–water partition coefficient (Wildman–Crippen LogP) is 4.17. The number of benzene rings is 3. The van der Waals surface area contributed by atoms with Gasteiger partial charge in [0.1, 0.15) is 24.0 Å². The molecule has 1 aliphatic heterocycles. The molecule has 1 heterocycles. The topological polar surface area (TPSA) is 78.9 Å². The minimum atomic E-state index is -1.16. The van der Waals surface area contributed by atoms with Gasteiger partial charge >= 0.3 is 6.03 Å². The van der Waals surface area contributed by atoms with Gasteiger partial charge in [-0.15, -0.1) is 0 Å². The Labute approximate surface area is 187 Å². The Balaban J connectivity index is 1.40. The van der Waals surface area contributed by atoms with Crippen LogP contribution in [0.4, 0.5) is 4.79 Å². The molecule has 2 unspecified atom stereocenters. The van der Waals surface area contributed by atoms with Gasteiger partial charge in [0.2, 0.25) is 0 Å². The highest BCUT2D eigenvalue weighted by atomic mass is 16.5. The highest BCUT2D eigenvalue weighted by molar-refractivity contribution is 6.07. The minimum absolute atomic E-state index is 0.0325. The third kappa shape index (κ3) is 4.18. The zero-order valence-corrected chi connectivity index (χ0v) is 18.5. The fraction of sp³-hybridized carbons (Fsp3) is 0.308. The van der Waals surface area contributed by atoms with Crippen LogP contribution in [0, 0.1) is 0 Å². The molecule has 1 saturated heterocycles. The lowest BCUT2D eigenvalue weighted by Gasteiger charge is -2.23. The summed E-state index contributed by atoms with van der Waals surface area (Å²) in [5.41, 5.74) is 0.711. The van der Waals surface area contributed by atoms with E-state index >= 15 is 0 Å². The normalized spacial score (nSPS) is 19.5. The van der Waals surface area contributed by atoms with Crippen molar-refractivity contribution in [3.05, 3.63) is 77.9 Å². The number of fused-ring (bicyclic) bond motifs is 1. The van der Waals surface area contributed by atoms with E-state index in [-0.39, 0.29) is 19.1 Å². The number of nitrogens with one attached hydrogen (secondary N) is 1. The summed E-state index contributed by atoms with van der Waals surface area (Å²) in [5, 5.41) is 15.4. The van der Waals surface area contributed by atoms with Gasteiger partial charge < -0.3 is 15.2 Å². The van der Waals surface area contributed by atoms with Gasteiger partial charge in [-0.25, -0.2) is 4.79 Å². The lowest BCUT2D eigenvalue weighted by atomic mass is 9.90. The van der Waals surface area contributed by atoms with Gasteiger partial charge in [0, 0.05) is 0 Å². The molecular weight excluding hydrogens is 404 g/mol. The van der Waals surface area contributed by atoms with Crippen LogP contribution in [0.15, 0.2) is 66.7 Å². The molecule has 1 fully saturated rings. The van der Waals surface area contributed by atoms with Crippen molar-refractivity contribution in [2.24, 2.45) is 0 Å². The van der Waals surface area contributed by atoms with Gasteiger partial charge in [0.25, 0.3) is 5.91 Å². The Bertz CT molecular complexity index is 1140. The molecule has 6 nitrogen and oxygen atoms in total. The van der Waals surface area contributed by atoms with Crippen LogP contribution in [0.25, 0.3) is 10.8 Å². The van der Waals surface area contributed by atoms with E-state index < -0.39 is 17.7 Å². The van der Waals surface area contributed by atoms with Crippen LogP contribution >= 0.6 is 0 Å². The van der Waals surface area contributed by atoms with Crippen LogP contribution in [0.1, 0.15) is 37.8 Å². The first-order valence-electron chi connectivity index (χ1n) is 10.8. The second-order valence-electron chi connectivity index (χ2n) is 8.72. The van der Waals surface area contributed by atoms with Crippen molar-refractivity contribution >= 4 is 22.7 Å². The Morgan fingerprint density at radius 3 is 2.38 bits per heavy atom. The number of amides is 3. The van der Waals surface area contributed by atoms with Crippen molar-refractivity contribution < 1.29 is 19.4 Å². The predicted molar refractivity (Wildman–Crippen MR) is 124 cm³/mol. The van der Waals surface area contributed by atoms with Crippen molar-refractivity contribution in [3.63, 3.8) is 0 Å². The second kappa shape index (κ2) is 8.63. The number of rotatable bonds is 7. The molecule has 4 rings (SSSR count). The van der Waals surface area contributed by atoms with E-state index in [9.17, 15) is 14.7 Å². The van der Waals surface area contributed by atoms with Crippen LogP contribution in [0.3, 0.4) is 0 Å². The fourth-order valence-corrected chi connectivity index (χ4v) is 3.97. The molecule has 32 heavy (non-hydrogen) atoms. The maximum atomic E-state index is 13.1. The molecule has 3 aromatic rings. The van der Waals surface area contributed by atoms with E-state index in [0.717, 1.165) is 21.2 Å². The average molecular weight is 433 g/mol. The number of β-amino-alcohol motifs (C(OH)–C–C–N with tert-alkyl or cyclic N) is 1. The largest absolute Gasteiger partial charge is 0.491 e. The summed E-state index contributed by atoms with van der Waals surface area (Å²) in [4.78, 5) is 26.7. The van der Waals surface area contributed by atoms with Gasteiger partial charge in [0.15, 0.2) is 0 Å². The number of nitrogens with zero attached hydrogens (tertiary/aromatic N) is 1. The first kappa shape index (κ1) is 21.8. The monoisotopic (exact) mass is 432 g/mol. The Morgan fingerprint density at radius 1 is 1.00 bits per heavy atom. The molecule has 166 valence electrons. The number of hydrogen-bond donors (Lipinski definition) is 2. The van der Waals surface area contributed by atoms with Gasteiger partial charge in [-0.1, -0.05) is 68.4 Å². The molecule has 6 heteroatoms. The Morgan fingerprint density at radius 2 is 1.69 bits per heavy atom. The Hall–Kier alpha value is -3.38. The summed E-state index contributed by atoms with van der Waals surface area (Å²) >= 11 is 0. The van der Waals surface area contributed by atoms with Crippen LogP contribution in [-0.2, 0) is 10.3 Å². The summed E-state index contributed by atoms with van der Waals surface area (Å²) in [6, 6.07) is 20.8. The van der Waals surface area contributed by atoms with E-state index in [2.05, 4.69) is 19.2 Å². The van der Waals surface area contributed by atoms with Gasteiger partial charge in [-0.3, -0.25) is 9.69 Å². The summed E-state index contributed by atoms with van der Waals surface area (Å²) in [5.74, 6) is 0.611. The number of urea groups is 1. The third-order valence-electron chi connectivity index (χ3n) is 5.99. The number of hydrogen-bond acceptors (Lipinski definition) is 4. The number of ether oxygens (including phenoxy) is 1. The van der Waals surface area contributed by atoms with Gasteiger partial charge in [-0.2, -0.15) is 0 Å². The molecule has 3 amide bonds. The number of carbonyl (C=O) groups is 2. The molecule has 0 spiro atoms. The maximum Gasteiger partial charge on any atom is 0.325 e. The first-order valence-corrected chi connectivity index (χ1v) is 10.8. The van der Waals surface area contributed by atoms with E-state index in [1.54, 1.807) is 6.92 Å². The summed E-state index contributed by atoms with van der Waals surface area (Å²) in [6.07, 6.45) is -1.01. The smallest absolute Gasteiger partial charge is 0.325 e.